The average molecular weight is 724 g/mol. The normalized spacial score (nSPS) is 23.6. The molecule has 0 atom stereocenters. The first-order chi connectivity index (χ1) is 20.6. The maximum absolute atomic E-state index is 14.7. The standard InChI is InChI=1S/C34H34Ge2O5Si2/c1-42-23-35(31(37)27-15-7-3-8-16-27,32(38)28-17-9-4-10-18-28)25-43(2,41-42)26-36(24-42,33(39)29-19-11-5-12-20-29)34(40)30-21-13-6-14-22-30/h3-22H,23-26H2,1-2H3. The second-order valence-corrected chi connectivity index (χ2v) is 42.5. The molecule has 4 aromatic rings. The van der Waals surface area contributed by atoms with Gasteiger partial charge in [0.1, 0.15) is 0 Å². The number of hydrogen-bond donors (Lipinski definition) is 0. The van der Waals surface area contributed by atoms with Gasteiger partial charge in [-0.2, -0.15) is 0 Å². The van der Waals surface area contributed by atoms with E-state index in [1.54, 1.807) is 0 Å². The van der Waals surface area contributed by atoms with E-state index >= 15 is 0 Å². The van der Waals surface area contributed by atoms with Crippen LogP contribution in [-0.2, 0) is 4.12 Å². The number of carbonyl (C=O) groups excluding carboxylic acids is 4. The van der Waals surface area contributed by atoms with Crippen molar-refractivity contribution in [1.29, 1.82) is 0 Å². The number of rotatable bonds is 8. The Morgan fingerprint density at radius 1 is 0.442 bits per heavy atom. The van der Waals surface area contributed by atoms with Crippen LogP contribution in [0.25, 0.3) is 0 Å². The van der Waals surface area contributed by atoms with Crippen molar-refractivity contribution in [3.05, 3.63) is 144 Å². The Kier molecular flexibility index (Phi) is 8.06. The summed E-state index contributed by atoms with van der Waals surface area (Å²) in [6.07, 6.45) is 0. The third-order valence-electron chi connectivity index (χ3n) is 9.08. The van der Waals surface area contributed by atoms with E-state index in [-0.39, 0.29) is 18.5 Å². The van der Waals surface area contributed by atoms with E-state index in [0.29, 0.717) is 41.8 Å². The molecule has 0 N–H and O–H groups in total. The molecule has 2 saturated heterocycles. The first-order valence-corrected chi connectivity index (χ1v) is 30.5. The molecule has 9 heteroatoms. The third kappa shape index (κ3) is 5.46. The van der Waals surface area contributed by atoms with E-state index in [4.69, 9.17) is 4.12 Å². The SMILES string of the molecule is C[Si]12[CH2][Ge]([C](=O)c3ccccc3)([C](=O)c3ccccc3)[CH2][Si](C)([CH2][Ge]([C](=O)c3ccccc3)([C](=O)c3ccccc3)[CH2]1)O2. The number of fused-ring (bicyclic) bond motifs is 2. The zero-order valence-electron chi connectivity index (χ0n) is 24.4. The van der Waals surface area contributed by atoms with Crippen molar-refractivity contribution < 1.29 is 23.3 Å². The average Bonchev–Trinajstić information content (AvgIpc) is 3.03. The summed E-state index contributed by atoms with van der Waals surface area (Å²) >= 11 is -8.21. The minimum absolute atomic E-state index is 0.0129. The molecule has 2 aliphatic heterocycles. The molecule has 0 aliphatic carbocycles. The van der Waals surface area contributed by atoms with Crippen LogP contribution in [0, 0.1) is 0 Å². The van der Waals surface area contributed by atoms with Crippen molar-refractivity contribution in [3.63, 3.8) is 0 Å². The van der Waals surface area contributed by atoms with Crippen LogP contribution >= 0.6 is 0 Å². The second kappa shape index (κ2) is 11.5. The van der Waals surface area contributed by atoms with E-state index < -0.39 is 43.2 Å². The van der Waals surface area contributed by atoms with Gasteiger partial charge in [-0.05, 0) is 0 Å². The Bertz CT molecular complexity index is 1450. The summed E-state index contributed by atoms with van der Waals surface area (Å²) in [5.41, 5.74) is 2.37. The van der Waals surface area contributed by atoms with Gasteiger partial charge >= 0.3 is 261 Å². The Balaban J connectivity index is 1.51. The zero-order valence-corrected chi connectivity index (χ0v) is 30.6. The van der Waals surface area contributed by atoms with Gasteiger partial charge in [0.25, 0.3) is 0 Å². The Morgan fingerprint density at radius 2 is 0.651 bits per heavy atom. The van der Waals surface area contributed by atoms with E-state index in [1.165, 1.54) is 0 Å². The van der Waals surface area contributed by atoms with Crippen LogP contribution in [0.4, 0.5) is 0 Å². The molecule has 216 valence electrons. The molecule has 4 aromatic carbocycles. The summed E-state index contributed by atoms with van der Waals surface area (Å²) in [5, 5.41) is 0. The van der Waals surface area contributed by atoms with Crippen molar-refractivity contribution in [2.24, 2.45) is 0 Å². The van der Waals surface area contributed by atoms with Crippen molar-refractivity contribution in [3.8, 4) is 0 Å². The molecule has 2 aliphatic rings. The molecular weight excluding hydrogens is 690 g/mol. The molecule has 5 nitrogen and oxygen atoms in total. The summed E-state index contributed by atoms with van der Waals surface area (Å²) in [6.45, 7) is 4.23. The molecule has 0 amide bonds. The van der Waals surface area contributed by atoms with Gasteiger partial charge in [0.05, 0.1) is 0 Å². The Morgan fingerprint density at radius 3 is 0.860 bits per heavy atom. The molecule has 0 aromatic heterocycles. The maximum atomic E-state index is 14.7. The quantitative estimate of drug-likeness (QED) is 0.185. The summed E-state index contributed by atoms with van der Waals surface area (Å²) in [7, 11) is -5.74. The zero-order chi connectivity index (χ0) is 30.3. The molecule has 6 rings (SSSR count). The Hall–Kier alpha value is -2.96. The van der Waals surface area contributed by atoms with E-state index in [9.17, 15) is 19.2 Å². The van der Waals surface area contributed by atoms with Crippen molar-refractivity contribution in [2.45, 2.75) is 32.6 Å². The van der Waals surface area contributed by atoms with Crippen molar-refractivity contribution in [1.82, 2.24) is 0 Å². The van der Waals surface area contributed by atoms with Crippen molar-refractivity contribution in [2.75, 3.05) is 0 Å². The first kappa shape index (κ1) is 30.1. The molecule has 0 saturated carbocycles. The van der Waals surface area contributed by atoms with Crippen LogP contribution in [0.2, 0.25) is 32.6 Å². The number of benzene rings is 4. The molecule has 2 fully saturated rings. The van der Waals surface area contributed by atoms with Gasteiger partial charge in [-0.1, -0.05) is 0 Å². The van der Waals surface area contributed by atoms with Gasteiger partial charge in [0.2, 0.25) is 0 Å². The van der Waals surface area contributed by atoms with E-state index in [2.05, 4.69) is 13.1 Å². The molecule has 0 spiro atoms. The predicted octanol–water partition coefficient (Wildman–Crippen LogP) is 6.92. The van der Waals surface area contributed by atoms with Gasteiger partial charge < -0.3 is 0 Å². The van der Waals surface area contributed by atoms with Gasteiger partial charge in [0.15, 0.2) is 0 Å². The molecule has 43 heavy (non-hydrogen) atoms. The van der Waals surface area contributed by atoms with Crippen LogP contribution < -0.4 is 0 Å². The van der Waals surface area contributed by atoms with Crippen LogP contribution in [0.15, 0.2) is 121 Å². The predicted molar refractivity (Wildman–Crippen MR) is 178 cm³/mol. The fourth-order valence-corrected chi connectivity index (χ4v) is 88.5. The number of hydrogen-bond acceptors (Lipinski definition) is 5. The first-order valence-electron chi connectivity index (χ1n) is 14.7. The van der Waals surface area contributed by atoms with Gasteiger partial charge in [0, 0.05) is 0 Å². The summed E-state index contributed by atoms with van der Waals surface area (Å²) < 4.78 is 7.17. The van der Waals surface area contributed by atoms with Crippen LogP contribution in [-0.4, -0.2) is 61.6 Å². The summed E-state index contributed by atoms with van der Waals surface area (Å²) in [5.74, 6) is 0. The molecule has 0 unspecified atom stereocenters. The van der Waals surface area contributed by atoms with Gasteiger partial charge in [-0.25, -0.2) is 0 Å². The summed E-state index contributed by atoms with van der Waals surface area (Å²) in [6, 6.07) is 37.0. The fourth-order valence-electron chi connectivity index (χ4n) is 7.85. The topological polar surface area (TPSA) is 77.5 Å². The summed E-state index contributed by atoms with van der Waals surface area (Å²) in [4.78, 5) is 60.4. The fraction of sp³-hybridized carbons (Fsp3) is 0.176. The van der Waals surface area contributed by atoms with Crippen LogP contribution in [0.3, 0.4) is 0 Å². The molecular formula is C34H34Ge2O5Si2. The second-order valence-electron chi connectivity index (χ2n) is 12.7. The minimum atomic E-state index is -4.10. The van der Waals surface area contributed by atoms with Gasteiger partial charge in [-0.15, -0.1) is 0 Å². The van der Waals surface area contributed by atoms with Gasteiger partial charge in [-0.3, -0.25) is 0 Å². The van der Waals surface area contributed by atoms with E-state index in [1.807, 2.05) is 121 Å². The van der Waals surface area contributed by atoms with Crippen LogP contribution in [0.5, 0.6) is 0 Å². The van der Waals surface area contributed by atoms with Crippen LogP contribution in [0.1, 0.15) is 41.4 Å². The van der Waals surface area contributed by atoms with E-state index in [0.717, 1.165) is 0 Å². The third-order valence-corrected chi connectivity index (χ3v) is 62.2. The molecule has 0 radical (unpaired) electrons. The van der Waals surface area contributed by atoms with Crippen molar-refractivity contribution >= 4 is 61.6 Å². The molecule has 2 heterocycles. The monoisotopic (exact) mass is 726 g/mol. The number of carbonyl (C=O) groups is 4. The molecule has 2 bridgehead atoms. The Labute approximate surface area is 259 Å².